The summed E-state index contributed by atoms with van der Waals surface area (Å²) in [5, 5.41) is 12.1. The molecular weight excluding hydrogens is 274 g/mol. The minimum absolute atomic E-state index is 0.0195. The van der Waals surface area contributed by atoms with E-state index in [1.54, 1.807) is 13.0 Å². The minimum atomic E-state index is -1.06. The largest absolute Gasteiger partial charge is 0.486 e. The molecule has 1 aromatic carbocycles. The van der Waals surface area contributed by atoms with Crippen LogP contribution in [0.15, 0.2) is 28.7 Å². The van der Waals surface area contributed by atoms with Crippen LogP contribution in [0, 0.1) is 6.92 Å². The van der Waals surface area contributed by atoms with Crippen molar-refractivity contribution in [2.75, 3.05) is 18.5 Å². The van der Waals surface area contributed by atoms with E-state index >= 15 is 0 Å². The van der Waals surface area contributed by atoms with E-state index in [-0.39, 0.29) is 5.76 Å². The molecule has 3 rings (SSSR count). The van der Waals surface area contributed by atoms with E-state index in [1.807, 2.05) is 18.2 Å². The molecule has 0 aliphatic carbocycles. The molecular formula is C15H15NO5. The Hall–Kier alpha value is -2.63. The zero-order chi connectivity index (χ0) is 14.8. The van der Waals surface area contributed by atoms with Crippen LogP contribution in [0.25, 0.3) is 0 Å². The van der Waals surface area contributed by atoms with Gasteiger partial charge in [0.2, 0.25) is 5.76 Å². The lowest BCUT2D eigenvalue weighted by Crippen LogP contribution is -2.15. The monoisotopic (exact) mass is 289 g/mol. The van der Waals surface area contributed by atoms with Gasteiger partial charge in [0.1, 0.15) is 19.0 Å². The van der Waals surface area contributed by atoms with Gasteiger partial charge < -0.3 is 24.3 Å². The van der Waals surface area contributed by atoms with Gasteiger partial charge in [0, 0.05) is 17.3 Å². The Morgan fingerprint density at radius 2 is 2.00 bits per heavy atom. The van der Waals surface area contributed by atoms with Crippen LogP contribution in [0.4, 0.5) is 5.69 Å². The van der Waals surface area contributed by atoms with Gasteiger partial charge >= 0.3 is 5.97 Å². The van der Waals surface area contributed by atoms with Crippen molar-refractivity contribution >= 4 is 11.7 Å². The number of hydrogen-bond acceptors (Lipinski definition) is 5. The Morgan fingerprint density at radius 3 is 2.71 bits per heavy atom. The molecule has 0 saturated heterocycles. The van der Waals surface area contributed by atoms with Crippen molar-refractivity contribution in [1.82, 2.24) is 0 Å². The maximum Gasteiger partial charge on any atom is 0.372 e. The summed E-state index contributed by atoms with van der Waals surface area (Å²) in [4.78, 5) is 10.9. The fourth-order valence-corrected chi connectivity index (χ4v) is 2.19. The summed E-state index contributed by atoms with van der Waals surface area (Å²) in [6, 6.07) is 7.28. The van der Waals surface area contributed by atoms with Gasteiger partial charge in [0.25, 0.3) is 0 Å². The number of anilines is 1. The summed E-state index contributed by atoms with van der Waals surface area (Å²) in [6.45, 7) is 3.20. The Morgan fingerprint density at radius 1 is 1.24 bits per heavy atom. The second-order valence-electron chi connectivity index (χ2n) is 4.74. The highest BCUT2D eigenvalue weighted by molar-refractivity contribution is 5.86. The molecule has 0 fully saturated rings. The van der Waals surface area contributed by atoms with Gasteiger partial charge in [-0.05, 0) is 25.1 Å². The van der Waals surface area contributed by atoms with Gasteiger partial charge in [0.15, 0.2) is 11.5 Å². The Balaban J connectivity index is 1.70. The molecule has 21 heavy (non-hydrogen) atoms. The van der Waals surface area contributed by atoms with Crippen molar-refractivity contribution in [2.45, 2.75) is 13.5 Å². The van der Waals surface area contributed by atoms with Crippen molar-refractivity contribution in [3.63, 3.8) is 0 Å². The normalized spacial score (nSPS) is 13.0. The fourth-order valence-electron chi connectivity index (χ4n) is 2.19. The number of aromatic carboxylic acids is 1. The van der Waals surface area contributed by atoms with Gasteiger partial charge in [-0.1, -0.05) is 0 Å². The quantitative estimate of drug-likeness (QED) is 0.900. The third-order valence-electron chi connectivity index (χ3n) is 3.17. The van der Waals surface area contributed by atoms with Crippen LogP contribution in [-0.2, 0) is 6.54 Å². The number of carboxylic acid groups (broad SMARTS) is 1. The average Bonchev–Trinajstić information content (AvgIpc) is 2.86. The number of nitrogens with one attached hydrogen (secondary N) is 1. The van der Waals surface area contributed by atoms with Gasteiger partial charge in [-0.2, -0.15) is 0 Å². The first-order valence-corrected chi connectivity index (χ1v) is 6.59. The summed E-state index contributed by atoms with van der Waals surface area (Å²) in [5.41, 5.74) is 1.46. The number of aryl methyl sites for hydroxylation is 1. The van der Waals surface area contributed by atoms with E-state index in [0.29, 0.717) is 36.8 Å². The molecule has 0 atom stereocenters. The zero-order valence-corrected chi connectivity index (χ0v) is 11.5. The van der Waals surface area contributed by atoms with Crippen LogP contribution < -0.4 is 14.8 Å². The van der Waals surface area contributed by atoms with Gasteiger partial charge in [-0.25, -0.2) is 4.79 Å². The Bertz CT molecular complexity index is 677. The van der Waals surface area contributed by atoms with Crippen molar-refractivity contribution < 1.29 is 23.8 Å². The van der Waals surface area contributed by atoms with Gasteiger partial charge in [0.05, 0.1) is 6.54 Å². The number of fused-ring (bicyclic) bond motifs is 1. The average molecular weight is 289 g/mol. The number of carbonyl (C=O) groups is 1. The number of hydrogen-bond donors (Lipinski definition) is 2. The molecule has 0 spiro atoms. The van der Waals surface area contributed by atoms with Crippen LogP contribution in [-0.4, -0.2) is 24.3 Å². The second kappa shape index (κ2) is 5.40. The third kappa shape index (κ3) is 2.79. The number of ether oxygens (including phenoxy) is 2. The molecule has 0 radical (unpaired) electrons. The molecule has 110 valence electrons. The molecule has 6 nitrogen and oxygen atoms in total. The molecule has 0 unspecified atom stereocenters. The number of rotatable bonds is 4. The Labute approximate surface area is 121 Å². The van der Waals surface area contributed by atoms with Crippen LogP contribution in [0.3, 0.4) is 0 Å². The predicted molar refractivity (Wildman–Crippen MR) is 75.2 cm³/mol. The first-order chi connectivity index (χ1) is 10.1. The fraction of sp³-hybridized carbons (Fsp3) is 0.267. The van der Waals surface area contributed by atoms with E-state index in [2.05, 4.69) is 5.32 Å². The lowest BCUT2D eigenvalue weighted by molar-refractivity contribution is 0.0659. The van der Waals surface area contributed by atoms with Crippen LogP contribution >= 0.6 is 0 Å². The molecule has 2 aromatic rings. The third-order valence-corrected chi connectivity index (χ3v) is 3.17. The maximum absolute atomic E-state index is 10.9. The zero-order valence-electron chi connectivity index (χ0n) is 11.5. The molecule has 2 heterocycles. The highest BCUT2D eigenvalue weighted by atomic mass is 16.6. The Kier molecular flexibility index (Phi) is 3.43. The molecule has 6 heteroatoms. The standard InChI is InChI=1S/C15H15NO5/c1-9-6-11(21-14(9)15(17)18)8-16-10-2-3-12-13(7-10)20-5-4-19-12/h2-3,6-7,16H,4-5,8H2,1H3,(H,17,18). The lowest BCUT2D eigenvalue weighted by atomic mass is 10.2. The first kappa shape index (κ1) is 13.4. The summed E-state index contributed by atoms with van der Waals surface area (Å²) in [7, 11) is 0. The van der Waals surface area contributed by atoms with Crippen molar-refractivity contribution in [2.24, 2.45) is 0 Å². The van der Waals surface area contributed by atoms with E-state index in [4.69, 9.17) is 19.0 Å². The number of benzene rings is 1. The SMILES string of the molecule is Cc1cc(CNc2ccc3c(c2)OCCO3)oc1C(=O)O. The smallest absolute Gasteiger partial charge is 0.372 e. The topological polar surface area (TPSA) is 80.9 Å². The molecule has 0 bridgehead atoms. The van der Waals surface area contributed by atoms with Crippen LogP contribution in [0.1, 0.15) is 21.9 Å². The van der Waals surface area contributed by atoms with E-state index in [9.17, 15) is 4.79 Å². The van der Waals surface area contributed by atoms with E-state index < -0.39 is 5.97 Å². The van der Waals surface area contributed by atoms with Crippen molar-refractivity contribution in [3.05, 3.63) is 41.3 Å². The molecule has 1 aliphatic rings. The predicted octanol–water partition coefficient (Wildman–Crippen LogP) is 2.67. The van der Waals surface area contributed by atoms with E-state index in [0.717, 1.165) is 11.4 Å². The number of furan rings is 1. The van der Waals surface area contributed by atoms with Crippen LogP contribution in [0.5, 0.6) is 11.5 Å². The van der Waals surface area contributed by atoms with Gasteiger partial charge in [-0.15, -0.1) is 0 Å². The van der Waals surface area contributed by atoms with Gasteiger partial charge in [-0.3, -0.25) is 0 Å². The summed E-state index contributed by atoms with van der Waals surface area (Å²) in [5.74, 6) is 0.925. The molecule has 2 N–H and O–H groups in total. The molecule has 0 saturated carbocycles. The van der Waals surface area contributed by atoms with Crippen LogP contribution in [0.2, 0.25) is 0 Å². The molecule has 1 aromatic heterocycles. The maximum atomic E-state index is 10.9. The van der Waals surface area contributed by atoms with E-state index in [1.165, 1.54) is 0 Å². The summed E-state index contributed by atoms with van der Waals surface area (Å²) < 4.78 is 16.2. The minimum Gasteiger partial charge on any atom is -0.486 e. The highest BCUT2D eigenvalue weighted by Crippen LogP contribution is 2.32. The second-order valence-corrected chi connectivity index (χ2v) is 4.74. The number of carboxylic acids is 1. The van der Waals surface area contributed by atoms with Crippen molar-refractivity contribution in [1.29, 1.82) is 0 Å². The highest BCUT2D eigenvalue weighted by Gasteiger charge is 2.15. The van der Waals surface area contributed by atoms with Crippen molar-refractivity contribution in [3.8, 4) is 11.5 Å². The molecule has 1 aliphatic heterocycles. The molecule has 0 amide bonds. The lowest BCUT2D eigenvalue weighted by Gasteiger charge is -2.19. The first-order valence-electron chi connectivity index (χ1n) is 6.59. The summed E-state index contributed by atoms with van der Waals surface area (Å²) in [6.07, 6.45) is 0. The summed E-state index contributed by atoms with van der Waals surface area (Å²) >= 11 is 0.